The van der Waals surface area contributed by atoms with Crippen LogP contribution in [0.1, 0.15) is 219 Å². The van der Waals surface area contributed by atoms with Crippen molar-refractivity contribution in [2.45, 2.75) is 231 Å². The van der Waals surface area contributed by atoms with Crippen LogP contribution in [0.3, 0.4) is 0 Å². The number of carbonyl (C=O) groups is 3. The Kier molecular flexibility index (Phi) is 44.9. The molecule has 0 aromatic carbocycles. The number of hydrogen-bond acceptors (Lipinski definition) is 6. The second-order valence-electron chi connectivity index (χ2n) is 18.7. The molecular weight excluding hydrogens is 811 g/mol. The Morgan fingerprint density at radius 3 is 1.29 bits per heavy atom. The van der Waals surface area contributed by atoms with Crippen molar-refractivity contribution in [2.75, 3.05) is 41.0 Å². The average molecular weight is 911 g/mol. The van der Waals surface area contributed by atoms with Crippen molar-refractivity contribution in [2.24, 2.45) is 0 Å². The van der Waals surface area contributed by atoms with Crippen molar-refractivity contribution in [1.82, 2.24) is 0 Å². The highest BCUT2D eigenvalue weighted by Crippen LogP contribution is 2.15. The molecule has 0 fully saturated rings. The molecule has 8 heteroatoms. The third-order valence-corrected chi connectivity index (χ3v) is 11.6. The second-order valence-corrected chi connectivity index (χ2v) is 18.7. The Labute approximate surface area is 400 Å². The van der Waals surface area contributed by atoms with Crippen LogP contribution in [0.2, 0.25) is 0 Å². The summed E-state index contributed by atoms with van der Waals surface area (Å²) in [5.41, 5.74) is 0. The van der Waals surface area contributed by atoms with Crippen LogP contribution in [0.5, 0.6) is 0 Å². The predicted octanol–water partition coefficient (Wildman–Crippen LogP) is 15.5. The van der Waals surface area contributed by atoms with Gasteiger partial charge in [0.1, 0.15) is 6.61 Å². The molecular formula is C57H100NO7+. The SMILES string of the molecule is CC/C=C/C/C=C/C/C=C/C/C=C/C/C=C/CCCCCCC(=O)OCC(COCCC(C(=O)O)[N+](C)(C)C)OC(=O)CCCCCCCCC/C=C/CCCCCCCCCCCC. The Hall–Kier alpha value is -3.23. The van der Waals surface area contributed by atoms with Gasteiger partial charge in [-0.05, 0) is 83.5 Å². The summed E-state index contributed by atoms with van der Waals surface area (Å²) in [6.45, 7) is 4.61. The van der Waals surface area contributed by atoms with Gasteiger partial charge in [0.15, 0.2) is 12.1 Å². The first-order valence-electron chi connectivity index (χ1n) is 26.5. The zero-order valence-corrected chi connectivity index (χ0v) is 42.7. The summed E-state index contributed by atoms with van der Waals surface area (Å²) < 4.78 is 17.3. The van der Waals surface area contributed by atoms with E-state index in [0.29, 0.717) is 19.3 Å². The highest BCUT2D eigenvalue weighted by Gasteiger charge is 2.31. The lowest BCUT2D eigenvalue weighted by atomic mass is 10.1. The van der Waals surface area contributed by atoms with Crippen LogP contribution < -0.4 is 0 Å². The van der Waals surface area contributed by atoms with Gasteiger partial charge in [-0.2, -0.15) is 0 Å². The summed E-state index contributed by atoms with van der Waals surface area (Å²) in [7, 11) is 5.52. The first-order chi connectivity index (χ1) is 31.6. The Bertz CT molecular complexity index is 1290. The molecule has 0 radical (unpaired) electrons. The van der Waals surface area contributed by atoms with E-state index in [-0.39, 0.29) is 36.2 Å². The van der Waals surface area contributed by atoms with Gasteiger partial charge in [-0.3, -0.25) is 9.59 Å². The van der Waals surface area contributed by atoms with Gasteiger partial charge in [-0.15, -0.1) is 0 Å². The molecule has 0 amide bonds. The van der Waals surface area contributed by atoms with E-state index in [2.05, 4.69) is 86.8 Å². The number of allylic oxidation sites excluding steroid dienone is 12. The molecule has 2 unspecified atom stereocenters. The van der Waals surface area contributed by atoms with Gasteiger partial charge in [0.05, 0.1) is 34.4 Å². The van der Waals surface area contributed by atoms with Crippen LogP contribution >= 0.6 is 0 Å². The fourth-order valence-electron chi connectivity index (χ4n) is 7.53. The molecule has 0 heterocycles. The molecule has 1 N–H and O–H groups in total. The van der Waals surface area contributed by atoms with Gasteiger partial charge in [0, 0.05) is 19.3 Å². The van der Waals surface area contributed by atoms with E-state index in [4.69, 9.17) is 14.2 Å². The maximum Gasteiger partial charge on any atom is 0.362 e. The molecule has 2 atom stereocenters. The lowest BCUT2D eigenvalue weighted by Crippen LogP contribution is -2.50. The molecule has 0 aromatic heterocycles. The van der Waals surface area contributed by atoms with Crippen LogP contribution in [0.15, 0.2) is 72.9 Å². The van der Waals surface area contributed by atoms with E-state index < -0.39 is 18.1 Å². The number of unbranched alkanes of at least 4 members (excludes halogenated alkanes) is 21. The molecule has 0 aliphatic carbocycles. The van der Waals surface area contributed by atoms with Crippen molar-refractivity contribution in [3.8, 4) is 0 Å². The van der Waals surface area contributed by atoms with E-state index in [1.165, 1.54) is 103 Å². The largest absolute Gasteiger partial charge is 0.477 e. The minimum atomic E-state index is -0.880. The van der Waals surface area contributed by atoms with Crippen LogP contribution in [0.25, 0.3) is 0 Å². The second kappa shape index (κ2) is 47.3. The van der Waals surface area contributed by atoms with E-state index in [9.17, 15) is 19.5 Å². The maximum absolute atomic E-state index is 12.8. The summed E-state index contributed by atoms with van der Waals surface area (Å²) in [4.78, 5) is 37.2. The van der Waals surface area contributed by atoms with Crippen LogP contribution in [0.4, 0.5) is 0 Å². The van der Waals surface area contributed by atoms with Crippen molar-refractivity contribution in [1.29, 1.82) is 0 Å². The molecule has 0 saturated heterocycles. The summed E-state index contributed by atoms with van der Waals surface area (Å²) in [6.07, 6.45) is 61.0. The van der Waals surface area contributed by atoms with Gasteiger partial charge < -0.3 is 23.8 Å². The molecule has 0 spiro atoms. The minimum absolute atomic E-state index is 0.0484. The van der Waals surface area contributed by atoms with Gasteiger partial charge in [0.25, 0.3) is 0 Å². The molecule has 0 aliphatic rings. The van der Waals surface area contributed by atoms with Gasteiger partial charge in [0.2, 0.25) is 0 Å². The number of rotatable bonds is 47. The zero-order chi connectivity index (χ0) is 47.7. The number of carboxylic acids is 1. The van der Waals surface area contributed by atoms with Crippen molar-refractivity contribution in [3.05, 3.63) is 72.9 Å². The predicted molar refractivity (Wildman–Crippen MR) is 275 cm³/mol. The first kappa shape index (κ1) is 61.8. The number of carbonyl (C=O) groups excluding carboxylic acids is 2. The Balaban J connectivity index is 4.29. The normalized spacial score (nSPS) is 13.4. The quantitative estimate of drug-likeness (QED) is 0.0281. The van der Waals surface area contributed by atoms with Crippen molar-refractivity contribution < 1.29 is 38.2 Å². The highest BCUT2D eigenvalue weighted by molar-refractivity contribution is 5.72. The lowest BCUT2D eigenvalue weighted by molar-refractivity contribution is -0.887. The minimum Gasteiger partial charge on any atom is -0.477 e. The highest BCUT2D eigenvalue weighted by atomic mass is 16.6. The third-order valence-electron chi connectivity index (χ3n) is 11.6. The zero-order valence-electron chi connectivity index (χ0n) is 42.7. The smallest absolute Gasteiger partial charge is 0.362 e. The number of likely N-dealkylation sites (N-methyl/N-ethyl adjacent to an activating group) is 1. The van der Waals surface area contributed by atoms with E-state index in [1.807, 2.05) is 21.1 Å². The summed E-state index contributed by atoms with van der Waals surface area (Å²) in [5, 5.41) is 9.66. The van der Waals surface area contributed by atoms with E-state index in [0.717, 1.165) is 83.5 Å². The molecule has 0 saturated carbocycles. The molecule has 0 rings (SSSR count). The number of esters is 2. The monoisotopic (exact) mass is 911 g/mol. The number of quaternary nitrogens is 1. The number of aliphatic carboxylic acids is 1. The fraction of sp³-hybridized carbons (Fsp3) is 0.737. The fourth-order valence-corrected chi connectivity index (χ4v) is 7.53. The van der Waals surface area contributed by atoms with Crippen LogP contribution in [-0.4, -0.2) is 80.6 Å². The molecule has 65 heavy (non-hydrogen) atoms. The summed E-state index contributed by atoms with van der Waals surface area (Å²) in [6, 6.07) is -0.623. The number of carboxylic acid groups (broad SMARTS) is 1. The molecule has 0 bridgehead atoms. The average Bonchev–Trinajstić information content (AvgIpc) is 3.27. The van der Waals surface area contributed by atoms with Crippen molar-refractivity contribution >= 4 is 17.9 Å². The summed E-state index contributed by atoms with van der Waals surface area (Å²) in [5.74, 6) is -1.50. The van der Waals surface area contributed by atoms with Crippen LogP contribution in [0, 0.1) is 0 Å². The summed E-state index contributed by atoms with van der Waals surface area (Å²) >= 11 is 0. The van der Waals surface area contributed by atoms with E-state index in [1.54, 1.807) is 0 Å². The lowest BCUT2D eigenvalue weighted by Gasteiger charge is -2.31. The molecule has 0 aliphatic heterocycles. The number of hydrogen-bond donors (Lipinski definition) is 1. The maximum atomic E-state index is 12.8. The van der Waals surface area contributed by atoms with Crippen molar-refractivity contribution in [3.63, 3.8) is 0 Å². The van der Waals surface area contributed by atoms with Crippen LogP contribution in [-0.2, 0) is 28.6 Å². The van der Waals surface area contributed by atoms with E-state index >= 15 is 0 Å². The standard InChI is InChI=1S/C57H99NO7/c1-6-8-10-12-14-16-18-20-22-24-26-28-30-32-34-36-38-40-42-44-46-48-56(60)65-53(51-63-50-49-54(57(61)62)58(3,4)5)52-64-55(59)47-45-43-41-39-37-35-33-31-29-27-25-23-21-19-17-15-13-11-9-7-2/h9,11,15,17,21,23,27-30,33,35,53-54H,6-8,10,12-14,16,18-20,22,24-26,31-32,34,36-52H2,1-5H3/p+1/b11-9+,17-15+,23-21+,29-27+,30-28+,35-33+. The molecule has 0 aromatic rings. The number of ether oxygens (including phenoxy) is 3. The third kappa shape index (κ3) is 45.7. The first-order valence-corrected chi connectivity index (χ1v) is 26.5. The van der Waals surface area contributed by atoms with Gasteiger partial charge in [-0.25, -0.2) is 4.79 Å². The molecule has 8 nitrogen and oxygen atoms in total. The Morgan fingerprint density at radius 2 is 0.862 bits per heavy atom. The number of nitrogens with zero attached hydrogens (tertiary/aromatic N) is 1. The van der Waals surface area contributed by atoms with Gasteiger partial charge >= 0.3 is 17.9 Å². The van der Waals surface area contributed by atoms with Gasteiger partial charge in [-0.1, -0.05) is 189 Å². The topological polar surface area (TPSA) is 99.1 Å². The molecule has 374 valence electrons. The Morgan fingerprint density at radius 1 is 0.477 bits per heavy atom.